The molecule has 0 radical (unpaired) electrons. The Balaban J connectivity index is 2.75. The second-order valence-electron chi connectivity index (χ2n) is 3.39. The third-order valence-electron chi connectivity index (χ3n) is 2.11. The van der Waals surface area contributed by atoms with Crippen LogP contribution < -0.4 is 5.32 Å². The number of rotatable bonds is 4. The monoisotopic (exact) mass is 221 g/mol. The van der Waals surface area contributed by atoms with E-state index in [0.29, 0.717) is 16.6 Å². The molecule has 1 N–H and O–H groups in total. The van der Waals surface area contributed by atoms with Crippen molar-refractivity contribution >= 4 is 17.6 Å². The Morgan fingerprint density at radius 1 is 1.60 bits per heavy atom. The molecule has 1 unspecified atom stereocenters. The molecule has 0 saturated carbocycles. The van der Waals surface area contributed by atoms with Crippen molar-refractivity contribution in [3.63, 3.8) is 0 Å². The van der Waals surface area contributed by atoms with E-state index in [1.807, 2.05) is 13.0 Å². The van der Waals surface area contributed by atoms with Crippen LogP contribution in [0.5, 0.6) is 0 Å². The van der Waals surface area contributed by atoms with Gasteiger partial charge in [0.05, 0.1) is 5.56 Å². The van der Waals surface area contributed by atoms with Gasteiger partial charge < -0.3 is 5.32 Å². The van der Waals surface area contributed by atoms with Gasteiger partial charge in [0, 0.05) is 17.5 Å². The van der Waals surface area contributed by atoms with Crippen molar-refractivity contribution in [3.05, 3.63) is 23.4 Å². The predicted molar refractivity (Wildman–Crippen MR) is 65.2 cm³/mol. The Bertz CT molecular complexity index is 371. The third kappa shape index (κ3) is 3.45. The number of hydrogen-bond donors (Lipinski definition) is 1. The van der Waals surface area contributed by atoms with E-state index in [2.05, 4.69) is 29.5 Å². The molecule has 15 heavy (non-hydrogen) atoms. The van der Waals surface area contributed by atoms with Gasteiger partial charge in [0.1, 0.15) is 11.9 Å². The second kappa shape index (κ2) is 5.62. The summed E-state index contributed by atoms with van der Waals surface area (Å²) in [6, 6.07) is 5.78. The lowest BCUT2D eigenvalue weighted by Crippen LogP contribution is -2.14. The molecule has 1 rings (SSSR count). The highest BCUT2D eigenvalue weighted by Crippen LogP contribution is 2.13. The summed E-state index contributed by atoms with van der Waals surface area (Å²) >= 11 is 1.79. The van der Waals surface area contributed by atoms with Gasteiger partial charge in [-0.2, -0.15) is 17.0 Å². The van der Waals surface area contributed by atoms with Crippen LogP contribution in [0.2, 0.25) is 0 Å². The minimum Gasteiger partial charge on any atom is -0.368 e. The number of pyridine rings is 1. The zero-order valence-electron chi connectivity index (χ0n) is 9.24. The van der Waals surface area contributed by atoms with Crippen LogP contribution in [0.4, 0.5) is 5.82 Å². The van der Waals surface area contributed by atoms with Crippen LogP contribution in [-0.4, -0.2) is 23.0 Å². The highest BCUT2D eigenvalue weighted by molar-refractivity contribution is 7.99. The topological polar surface area (TPSA) is 48.7 Å². The fourth-order valence-electron chi connectivity index (χ4n) is 1.11. The maximum absolute atomic E-state index is 8.90. The minimum atomic E-state index is 0.513. The molecule has 80 valence electrons. The number of aryl methyl sites for hydroxylation is 1. The quantitative estimate of drug-likeness (QED) is 0.848. The number of hydrogen-bond acceptors (Lipinski definition) is 4. The Kier molecular flexibility index (Phi) is 4.44. The molecule has 3 nitrogen and oxygen atoms in total. The maximum atomic E-state index is 8.90. The number of nitrogens with one attached hydrogen (secondary N) is 1. The standard InChI is InChI=1S/C11H15N3S/c1-8-4-5-10(6-12)11(14-8)13-7-9(2)15-3/h4-5,9H,7H2,1-3H3,(H,13,14). The Morgan fingerprint density at radius 2 is 2.33 bits per heavy atom. The lowest BCUT2D eigenvalue weighted by Gasteiger charge is -2.11. The van der Waals surface area contributed by atoms with Gasteiger partial charge in [0.25, 0.3) is 0 Å². The van der Waals surface area contributed by atoms with Gasteiger partial charge in [0.2, 0.25) is 0 Å². The highest BCUT2D eigenvalue weighted by atomic mass is 32.2. The fraction of sp³-hybridized carbons (Fsp3) is 0.455. The molecule has 0 amide bonds. The SMILES string of the molecule is CSC(C)CNc1nc(C)ccc1C#N. The number of nitrogens with zero attached hydrogens (tertiary/aromatic N) is 2. The molecule has 0 aliphatic carbocycles. The second-order valence-corrected chi connectivity index (χ2v) is 4.66. The lowest BCUT2D eigenvalue weighted by atomic mass is 10.2. The maximum Gasteiger partial charge on any atom is 0.144 e. The molecule has 0 spiro atoms. The average Bonchev–Trinajstić information content (AvgIpc) is 2.26. The van der Waals surface area contributed by atoms with E-state index in [0.717, 1.165) is 12.2 Å². The van der Waals surface area contributed by atoms with Crippen molar-refractivity contribution in [2.45, 2.75) is 19.1 Å². The lowest BCUT2D eigenvalue weighted by molar-refractivity contribution is 0.985. The normalized spacial score (nSPS) is 11.9. The van der Waals surface area contributed by atoms with E-state index >= 15 is 0 Å². The average molecular weight is 221 g/mol. The molecule has 0 bridgehead atoms. The van der Waals surface area contributed by atoms with Gasteiger partial charge in [-0.3, -0.25) is 0 Å². The van der Waals surface area contributed by atoms with Crippen molar-refractivity contribution in [2.24, 2.45) is 0 Å². The molecule has 1 heterocycles. The zero-order valence-corrected chi connectivity index (χ0v) is 10.1. The molecule has 1 aromatic heterocycles. The fourth-order valence-corrected chi connectivity index (χ4v) is 1.36. The van der Waals surface area contributed by atoms with Gasteiger partial charge in [-0.15, -0.1) is 0 Å². The summed E-state index contributed by atoms with van der Waals surface area (Å²) in [6.45, 7) is 4.89. The van der Waals surface area contributed by atoms with E-state index in [1.165, 1.54) is 0 Å². The van der Waals surface area contributed by atoms with Crippen LogP contribution in [0.1, 0.15) is 18.2 Å². The van der Waals surface area contributed by atoms with Gasteiger partial charge in [0.15, 0.2) is 0 Å². The van der Waals surface area contributed by atoms with Crippen molar-refractivity contribution in [1.29, 1.82) is 5.26 Å². The number of anilines is 1. The summed E-state index contributed by atoms with van der Waals surface area (Å²) < 4.78 is 0. The molecule has 0 aliphatic heterocycles. The first kappa shape index (κ1) is 11.9. The van der Waals surface area contributed by atoms with Gasteiger partial charge in [-0.05, 0) is 25.3 Å². The minimum absolute atomic E-state index is 0.513. The summed E-state index contributed by atoms with van der Waals surface area (Å²) in [7, 11) is 0. The molecule has 1 atom stereocenters. The Hall–Kier alpha value is -1.21. The van der Waals surface area contributed by atoms with E-state index < -0.39 is 0 Å². The van der Waals surface area contributed by atoms with Crippen molar-refractivity contribution in [2.75, 3.05) is 18.1 Å². The third-order valence-corrected chi connectivity index (χ3v) is 3.09. The van der Waals surface area contributed by atoms with Crippen LogP contribution in [0.15, 0.2) is 12.1 Å². The van der Waals surface area contributed by atoms with E-state index in [-0.39, 0.29) is 0 Å². The molecule has 0 fully saturated rings. The first-order valence-corrected chi connectivity index (χ1v) is 6.10. The molecule has 0 aromatic carbocycles. The predicted octanol–water partition coefficient (Wildman–Crippen LogP) is 2.43. The van der Waals surface area contributed by atoms with Crippen molar-refractivity contribution < 1.29 is 0 Å². The Labute approximate surface area is 94.9 Å². The van der Waals surface area contributed by atoms with Crippen molar-refractivity contribution in [3.8, 4) is 6.07 Å². The van der Waals surface area contributed by atoms with Crippen molar-refractivity contribution in [1.82, 2.24) is 4.98 Å². The largest absolute Gasteiger partial charge is 0.368 e. The number of nitriles is 1. The summed E-state index contributed by atoms with van der Waals surface area (Å²) in [5, 5.41) is 12.6. The van der Waals surface area contributed by atoms with E-state index in [1.54, 1.807) is 17.8 Å². The van der Waals surface area contributed by atoms with Crippen LogP contribution >= 0.6 is 11.8 Å². The molecule has 0 saturated heterocycles. The summed E-state index contributed by atoms with van der Waals surface area (Å²) in [5.74, 6) is 0.693. The first-order chi connectivity index (χ1) is 7.17. The van der Waals surface area contributed by atoms with Gasteiger partial charge in [-0.25, -0.2) is 4.98 Å². The number of thioether (sulfide) groups is 1. The molecule has 1 aromatic rings. The Morgan fingerprint density at radius 3 is 2.93 bits per heavy atom. The summed E-state index contributed by atoms with van der Waals surface area (Å²) in [4.78, 5) is 4.31. The zero-order chi connectivity index (χ0) is 11.3. The van der Waals surface area contributed by atoms with Crippen LogP contribution in [0, 0.1) is 18.3 Å². The summed E-state index contributed by atoms with van der Waals surface area (Å²) in [5.41, 5.74) is 1.53. The first-order valence-electron chi connectivity index (χ1n) is 4.81. The van der Waals surface area contributed by atoms with E-state index in [9.17, 15) is 0 Å². The van der Waals surface area contributed by atoms with Gasteiger partial charge in [-0.1, -0.05) is 6.92 Å². The van der Waals surface area contributed by atoms with Gasteiger partial charge >= 0.3 is 0 Å². The van der Waals surface area contributed by atoms with Crippen LogP contribution in [0.3, 0.4) is 0 Å². The van der Waals surface area contributed by atoms with Crippen LogP contribution in [0.25, 0.3) is 0 Å². The highest BCUT2D eigenvalue weighted by Gasteiger charge is 2.05. The van der Waals surface area contributed by atoms with Crippen LogP contribution in [-0.2, 0) is 0 Å². The smallest absolute Gasteiger partial charge is 0.144 e. The molecular weight excluding hydrogens is 206 g/mol. The number of aromatic nitrogens is 1. The van der Waals surface area contributed by atoms with E-state index in [4.69, 9.17) is 5.26 Å². The molecule has 4 heteroatoms. The molecular formula is C11H15N3S. The summed E-state index contributed by atoms with van der Waals surface area (Å²) in [6.07, 6.45) is 2.07. The molecule has 0 aliphatic rings.